The molecule has 0 N–H and O–H groups in total. The molecule has 2 aromatic rings. The molecule has 0 atom stereocenters. The van der Waals surface area contributed by atoms with Crippen LogP contribution in [0.3, 0.4) is 0 Å². The van der Waals surface area contributed by atoms with E-state index in [2.05, 4.69) is 35.8 Å². The molecule has 2 rings (SSSR count). The molecule has 0 aliphatic heterocycles. The van der Waals surface area contributed by atoms with E-state index in [9.17, 15) is 4.79 Å². The average molecular weight is 353 g/mol. The number of carbonyl (C=O) groups excluding carboxylic acids is 1. The number of hydrogen-bond donors (Lipinski definition) is 0. The van der Waals surface area contributed by atoms with Crippen molar-refractivity contribution in [3.05, 3.63) is 59.4 Å². The molecular weight excluding hydrogens is 331 g/mol. The zero-order valence-electron chi connectivity index (χ0n) is 13.7. The number of halogens is 2. The Morgan fingerprint density at radius 1 is 1.22 bits per heavy atom. The van der Waals surface area contributed by atoms with Gasteiger partial charge in [-0.2, -0.15) is 0 Å². The molecule has 0 bridgehead atoms. The fourth-order valence-corrected chi connectivity index (χ4v) is 2.82. The van der Waals surface area contributed by atoms with Gasteiger partial charge < -0.3 is 9.47 Å². The van der Waals surface area contributed by atoms with Gasteiger partial charge in [-0.05, 0) is 38.5 Å². The minimum atomic E-state index is -1.03. The van der Waals surface area contributed by atoms with E-state index in [1.165, 1.54) is 11.1 Å². The number of nitrogens with zero attached hydrogens (tertiary/aromatic N) is 2. The van der Waals surface area contributed by atoms with Crippen molar-refractivity contribution in [3.8, 4) is 0 Å². The maximum atomic E-state index is 12.2. The highest BCUT2D eigenvalue weighted by molar-refractivity contribution is 6.53. The highest BCUT2D eigenvalue weighted by atomic mass is 35.5. The number of aromatic nitrogens is 1. The summed E-state index contributed by atoms with van der Waals surface area (Å²) >= 11 is 11.5. The van der Waals surface area contributed by atoms with Crippen LogP contribution in [-0.4, -0.2) is 26.3 Å². The van der Waals surface area contributed by atoms with E-state index in [0.717, 1.165) is 12.2 Å². The van der Waals surface area contributed by atoms with Gasteiger partial charge in [-0.1, -0.05) is 53.0 Å². The number of carbonyl (C=O) groups is 1. The zero-order chi connectivity index (χ0) is 17.0. The van der Waals surface area contributed by atoms with Gasteiger partial charge in [-0.25, -0.2) is 0 Å². The van der Waals surface area contributed by atoms with Gasteiger partial charge in [0.1, 0.15) is 0 Å². The number of rotatable bonds is 6. The van der Waals surface area contributed by atoms with Crippen LogP contribution >= 0.6 is 23.2 Å². The van der Waals surface area contributed by atoms with Crippen LogP contribution < -0.4 is 0 Å². The van der Waals surface area contributed by atoms with Crippen LogP contribution in [-0.2, 0) is 17.9 Å². The van der Waals surface area contributed by atoms with E-state index >= 15 is 0 Å². The Morgan fingerprint density at radius 2 is 1.96 bits per heavy atom. The van der Waals surface area contributed by atoms with Crippen LogP contribution in [0.15, 0.2) is 42.6 Å². The minimum absolute atomic E-state index is 0.0322. The molecule has 1 amide bonds. The lowest BCUT2D eigenvalue weighted by Gasteiger charge is -2.28. The molecule has 0 saturated carbocycles. The molecule has 0 fully saturated rings. The van der Waals surface area contributed by atoms with Gasteiger partial charge in [0.15, 0.2) is 4.84 Å². The van der Waals surface area contributed by atoms with Crippen molar-refractivity contribution in [2.75, 3.05) is 0 Å². The summed E-state index contributed by atoms with van der Waals surface area (Å²) in [6, 6.07) is 12.5. The summed E-state index contributed by atoms with van der Waals surface area (Å²) in [6.45, 7) is 7.27. The monoisotopic (exact) mass is 352 g/mol. The van der Waals surface area contributed by atoms with E-state index in [4.69, 9.17) is 23.2 Å². The summed E-state index contributed by atoms with van der Waals surface area (Å²) in [6.07, 6.45) is 2.03. The van der Waals surface area contributed by atoms with Crippen molar-refractivity contribution in [1.82, 2.24) is 9.47 Å². The predicted octanol–water partition coefficient (Wildman–Crippen LogP) is 4.39. The van der Waals surface area contributed by atoms with E-state index in [0.29, 0.717) is 6.54 Å². The van der Waals surface area contributed by atoms with Gasteiger partial charge in [0.05, 0.1) is 6.54 Å². The number of aryl methyl sites for hydroxylation is 1. The normalized spacial score (nSPS) is 11.3. The molecule has 124 valence electrons. The molecular formula is C18H22Cl2N2O. The fourth-order valence-electron chi connectivity index (χ4n) is 2.57. The van der Waals surface area contributed by atoms with Crippen molar-refractivity contribution in [1.29, 1.82) is 0 Å². The van der Waals surface area contributed by atoms with Crippen molar-refractivity contribution < 1.29 is 4.79 Å². The van der Waals surface area contributed by atoms with Crippen LogP contribution in [0.5, 0.6) is 0 Å². The maximum absolute atomic E-state index is 12.2. The van der Waals surface area contributed by atoms with Crippen LogP contribution in [0.1, 0.15) is 30.7 Å². The molecule has 1 aromatic heterocycles. The average Bonchev–Trinajstić information content (AvgIpc) is 2.90. The third-order valence-corrected chi connectivity index (χ3v) is 4.16. The van der Waals surface area contributed by atoms with Crippen molar-refractivity contribution in [2.24, 2.45) is 0 Å². The van der Waals surface area contributed by atoms with Crippen LogP contribution in [0.4, 0.5) is 0 Å². The van der Waals surface area contributed by atoms with E-state index in [1.807, 2.05) is 32.2 Å². The smallest absolute Gasteiger partial charge is 0.256 e. The Labute approximate surface area is 147 Å². The Morgan fingerprint density at radius 3 is 2.57 bits per heavy atom. The molecule has 3 nitrogen and oxygen atoms in total. The molecule has 1 aromatic carbocycles. The van der Waals surface area contributed by atoms with Gasteiger partial charge in [0, 0.05) is 24.5 Å². The fraction of sp³-hybridized carbons (Fsp3) is 0.389. The molecule has 0 unspecified atom stereocenters. The Hall–Kier alpha value is -1.45. The lowest BCUT2D eigenvalue weighted by Crippen LogP contribution is -2.40. The molecule has 23 heavy (non-hydrogen) atoms. The third-order valence-electron chi connectivity index (χ3n) is 3.78. The summed E-state index contributed by atoms with van der Waals surface area (Å²) in [5.41, 5.74) is 3.53. The molecule has 1 heterocycles. The first kappa shape index (κ1) is 17.9. The second-order valence-corrected chi connectivity index (χ2v) is 7.07. The molecule has 0 radical (unpaired) electrons. The Kier molecular flexibility index (Phi) is 6.14. The van der Waals surface area contributed by atoms with Gasteiger partial charge in [-0.3, -0.25) is 4.79 Å². The number of amides is 1. The number of alkyl halides is 2. The van der Waals surface area contributed by atoms with Crippen LogP contribution in [0.25, 0.3) is 0 Å². The van der Waals surface area contributed by atoms with E-state index in [1.54, 1.807) is 4.90 Å². The van der Waals surface area contributed by atoms with Crippen molar-refractivity contribution in [2.45, 2.75) is 44.7 Å². The summed E-state index contributed by atoms with van der Waals surface area (Å²) in [5.74, 6) is -0.258. The zero-order valence-corrected chi connectivity index (χ0v) is 15.2. The molecule has 0 saturated heterocycles. The first-order valence-corrected chi connectivity index (χ1v) is 8.54. The topological polar surface area (TPSA) is 25.2 Å². The van der Waals surface area contributed by atoms with Gasteiger partial charge in [0.25, 0.3) is 5.91 Å². The summed E-state index contributed by atoms with van der Waals surface area (Å²) in [7, 11) is 0. The largest absolute Gasteiger partial charge is 0.345 e. The standard InChI is InChI=1S/C18H22Cl2N2O/c1-13(2)22(18(23)17(19)20)12-16-8-5-9-21(16)11-15-7-4-6-14(3)10-15/h4-10,13,17H,11-12H2,1-3H3. The quantitative estimate of drug-likeness (QED) is 0.708. The lowest BCUT2D eigenvalue weighted by molar-refractivity contribution is -0.131. The summed E-state index contributed by atoms with van der Waals surface area (Å²) in [5, 5.41) is 0. The molecule has 0 aliphatic rings. The lowest BCUT2D eigenvalue weighted by atomic mass is 10.1. The summed E-state index contributed by atoms with van der Waals surface area (Å²) < 4.78 is 2.15. The Bertz CT molecular complexity index is 665. The van der Waals surface area contributed by atoms with Gasteiger partial charge in [0.2, 0.25) is 0 Å². The van der Waals surface area contributed by atoms with Gasteiger partial charge in [-0.15, -0.1) is 0 Å². The third kappa shape index (κ3) is 4.76. The highest BCUT2D eigenvalue weighted by Gasteiger charge is 2.23. The first-order chi connectivity index (χ1) is 10.9. The molecule has 5 heteroatoms. The minimum Gasteiger partial charge on any atom is -0.345 e. The Balaban J connectivity index is 2.18. The SMILES string of the molecule is Cc1cccc(Cn2cccc2CN(C(=O)C(Cl)Cl)C(C)C)c1. The first-order valence-electron chi connectivity index (χ1n) is 7.66. The second kappa shape index (κ2) is 7.89. The van der Waals surface area contributed by atoms with E-state index in [-0.39, 0.29) is 11.9 Å². The van der Waals surface area contributed by atoms with Crippen molar-refractivity contribution >= 4 is 29.1 Å². The molecule has 0 aliphatic carbocycles. The van der Waals surface area contributed by atoms with E-state index < -0.39 is 4.84 Å². The molecule has 0 spiro atoms. The van der Waals surface area contributed by atoms with Crippen LogP contribution in [0.2, 0.25) is 0 Å². The number of benzene rings is 1. The highest BCUT2D eigenvalue weighted by Crippen LogP contribution is 2.16. The van der Waals surface area contributed by atoms with Gasteiger partial charge >= 0.3 is 0 Å². The van der Waals surface area contributed by atoms with Crippen LogP contribution in [0, 0.1) is 6.92 Å². The van der Waals surface area contributed by atoms with Crippen molar-refractivity contribution in [3.63, 3.8) is 0 Å². The maximum Gasteiger partial charge on any atom is 0.256 e. The number of hydrogen-bond acceptors (Lipinski definition) is 1. The predicted molar refractivity (Wildman–Crippen MR) is 95.9 cm³/mol. The second-order valence-electron chi connectivity index (χ2n) is 5.98. The summed E-state index contributed by atoms with van der Waals surface area (Å²) in [4.78, 5) is 12.8.